The van der Waals surface area contributed by atoms with E-state index >= 15 is 0 Å². The molecule has 3 rings (SSSR count). The molecular weight excluding hydrogens is 392 g/mol. The van der Waals surface area contributed by atoms with Crippen LogP contribution in [0.1, 0.15) is 10.4 Å². The standard InChI is InChI=1S/C22H19ClN2O4/c1-28-19-9-11-20(12-10-19)29-14-21(26)24-17-5-7-18(8-6-17)25-22(27)15-3-2-4-16(23)13-15/h2-13H,14H2,1H3,(H,24,26)(H,25,27). The third-order valence-corrected chi connectivity index (χ3v) is 4.18. The maximum absolute atomic E-state index is 12.2. The van der Waals surface area contributed by atoms with Crippen LogP contribution in [0.5, 0.6) is 11.5 Å². The second-order valence-corrected chi connectivity index (χ2v) is 6.49. The van der Waals surface area contributed by atoms with Gasteiger partial charge in [0.1, 0.15) is 11.5 Å². The van der Waals surface area contributed by atoms with E-state index in [4.69, 9.17) is 21.1 Å². The summed E-state index contributed by atoms with van der Waals surface area (Å²) >= 11 is 5.90. The van der Waals surface area contributed by atoms with Gasteiger partial charge in [-0.25, -0.2) is 0 Å². The first-order chi connectivity index (χ1) is 14.0. The number of anilines is 2. The molecule has 0 aliphatic rings. The van der Waals surface area contributed by atoms with Crippen LogP contribution in [-0.2, 0) is 4.79 Å². The second kappa shape index (κ2) is 9.61. The van der Waals surface area contributed by atoms with Crippen molar-refractivity contribution in [3.05, 3.63) is 83.4 Å². The number of amides is 2. The van der Waals surface area contributed by atoms with E-state index in [1.165, 1.54) is 0 Å². The SMILES string of the molecule is COc1ccc(OCC(=O)Nc2ccc(NC(=O)c3cccc(Cl)c3)cc2)cc1. The lowest BCUT2D eigenvalue weighted by Gasteiger charge is -2.09. The first-order valence-corrected chi connectivity index (χ1v) is 9.15. The van der Waals surface area contributed by atoms with E-state index in [0.29, 0.717) is 33.5 Å². The molecule has 0 fully saturated rings. The van der Waals surface area contributed by atoms with Gasteiger partial charge in [-0.05, 0) is 66.7 Å². The third-order valence-electron chi connectivity index (χ3n) is 3.94. The minimum Gasteiger partial charge on any atom is -0.497 e. The van der Waals surface area contributed by atoms with Crippen molar-refractivity contribution < 1.29 is 19.1 Å². The van der Waals surface area contributed by atoms with E-state index in [9.17, 15) is 9.59 Å². The molecule has 0 heterocycles. The monoisotopic (exact) mass is 410 g/mol. The molecule has 0 atom stereocenters. The normalized spacial score (nSPS) is 10.1. The first kappa shape index (κ1) is 20.2. The van der Waals surface area contributed by atoms with Crippen LogP contribution in [0, 0.1) is 0 Å². The van der Waals surface area contributed by atoms with Crippen LogP contribution < -0.4 is 20.1 Å². The number of nitrogens with one attached hydrogen (secondary N) is 2. The molecule has 0 aliphatic heterocycles. The van der Waals surface area contributed by atoms with Crippen LogP contribution in [0.4, 0.5) is 11.4 Å². The Morgan fingerprint density at radius 2 is 1.48 bits per heavy atom. The van der Waals surface area contributed by atoms with E-state index in [1.54, 1.807) is 79.9 Å². The van der Waals surface area contributed by atoms with Crippen LogP contribution >= 0.6 is 11.6 Å². The molecule has 3 aromatic carbocycles. The zero-order chi connectivity index (χ0) is 20.6. The largest absolute Gasteiger partial charge is 0.497 e. The summed E-state index contributed by atoms with van der Waals surface area (Å²) in [7, 11) is 1.58. The molecule has 0 unspecified atom stereocenters. The summed E-state index contributed by atoms with van der Waals surface area (Å²) in [5, 5.41) is 6.01. The van der Waals surface area contributed by atoms with Crippen molar-refractivity contribution in [3.63, 3.8) is 0 Å². The fraction of sp³-hybridized carbons (Fsp3) is 0.0909. The van der Waals surface area contributed by atoms with Gasteiger partial charge in [0.05, 0.1) is 7.11 Å². The number of hydrogen-bond donors (Lipinski definition) is 2. The van der Waals surface area contributed by atoms with Crippen LogP contribution in [0.15, 0.2) is 72.8 Å². The smallest absolute Gasteiger partial charge is 0.262 e. The van der Waals surface area contributed by atoms with Gasteiger partial charge in [-0.3, -0.25) is 9.59 Å². The van der Waals surface area contributed by atoms with Crippen LogP contribution in [0.3, 0.4) is 0 Å². The van der Waals surface area contributed by atoms with Crippen molar-refractivity contribution in [3.8, 4) is 11.5 Å². The quantitative estimate of drug-likeness (QED) is 0.596. The van der Waals surface area contributed by atoms with Gasteiger partial charge in [0.25, 0.3) is 11.8 Å². The summed E-state index contributed by atoms with van der Waals surface area (Å²) in [5.41, 5.74) is 1.65. The predicted octanol–water partition coefficient (Wildman–Crippen LogP) is 4.62. The maximum atomic E-state index is 12.2. The van der Waals surface area contributed by atoms with E-state index < -0.39 is 0 Å². The van der Waals surface area contributed by atoms with E-state index in [2.05, 4.69) is 10.6 Å². The number of rotatable bonds is 7. The van der Waals surface area contributed by atoms with Gasteiger partial charge < -0.3 is 20.1 Å². The minimum absolute atomic E-state index is 0.125. The van der Waals surface area contributed by atoms with Crippen LogP contribution in [0.25, 0.3) is 0 Å². The van der Waals surface area contributed by atoms with Gasteiger partial charge in [0.2, 0.25) is 0 Å². The summed E-state index contributed by atoms with van der Waals surface area (Å²) in [5.74, 6) is 0.720. The Hall–Kier alpha value is -3.51. The Kier molecular flexibility index (Phi) is 6.71. The molecule has 0 aliphatic carbocycles. The highest BCUT2D eigenvalue weighted by molar-refractivity contribution is 6.31. The lowest BCUT2D eigenvalue weighted by atomic mass is 10.2. The fourth-order valence-electron chi connectivity index (χ4n) is 2.49. The average Bonchev–Trinajstić information content (AvgIpc) is 2.74. The van der Waals surface area contributed by atoms with Gasteiger partial charge in [0.15, 0.2) is 6.61 Å². The topological polar surface area (TPSA) is 76.7 Å². The summed E-state index contributed by atoms with van der Waals surface area (Å²) in [6, 6.07) is 20.4. The molecule has 0 saturated heterocycles. The highest BCUT2D eigenvalue weighted by Crippen LogP contribution is 2.18. The van der Waals surface area contributed by atoms with E-state index in [-0.39, 0.29) is 18.4 Å². The van der Waals surface area contributed by atoms with Gasteiger partial charge in [0, 0.05) is 22.0 Å². The molecule has 29 heavy (non-hydrogen) atoms. The lowest BCUT2D eigenvalue weighted by molar-refractivity contribution is -0.118. The summed E-state index contributed by atoms with van der Waals surface area (Å²) in [6.45, 7) is -0.125. The van der Waals surface area contributed by atoms with E-state index in [1.807, 2.05) is 0 Å². The molecule has 2 N–H and O–H groups in total. The number of methoxy groups -OCH3 is 1. The second-order valence-electron chi connectivity index (χ2n) is 6.05. The molecule has 148 valence electrons. The molecule has 0 aromatic heterocycles. The molecule has 7 heteroatoms. The van der Waals surface area contributed by atoms with Gasteiger partial charge in [-0.15, -0.1) is 0 Å². The minimum atomic E-state index is -0.295. The molecular formula is C22H19ClN2O4. The number of ether oxygens (including phenoxy) is 2. The highest BCUT2D eigenvalue weighted by Gasteiger charge is 2.08. The Morgan fingerprint density at radius 1 is 0.862 bits per heavy atom. The lowest BCUT2D eigenvalue weighted by Crippen LogP contribution is -2.20. The molecule has 0 radical (unpaired) electrons. The molecule has 0 spiro atoms. The molecule has 2 amide bonds. The highest BCUT2D eigenvalue weighted by atomic mass is 35.5. The Labute approximate surface area is 173 Å². The molecule has 0 saturated carbocycles. The number of carbonyl (C=O) groups excluding carboxylic acids is 2. The van der Waals surface area contributed by atoms with Gasteiger partial charge >= 0.3 is 0 Å². The number of halogens is 1. The van der Waals surface area contributed by atoms with Gasteiger partial charge in [-0.1, -0.05) is 17.7 Å². The number of benzene rings is 3. The fourth-order valence-corrected chi connectivity index (χ4v) is 2.68. The van der Waals surface area contributed by atoms with Crippen molar-refractivity contribution in [2.24, 2.45) is 0 Å². The first-order valence-electron chi connectivity index (χ1n) is 8.77. The Bertz CT molecular complexity index is 988. The van der Waals surface area contributed by atoms with E-state index in [0.717, 1.165) is 0 Å². The van der Waals surface area contributed by atoms with Crippen molar-refractivity contribution in [1.82, 2.24) is 0 Å². The van der Waals surface area contributed by atoms with Crippen molar-refractivity contribution in [2.75, 3.05) is 24.4 Å². The summed E-state index contributed by atoms with van der Waals surface area (Å²) in [4.78, 5) is 24.3. The van der Waals surface area contributed by atoms with Crippen LogP contribution in [0.2, 0.25) is 5.02 Å². The maximum Gasteiger partial charge on any atom is 0.262 e. The zero-order valence-electron chi connectivity index (χ0n) is 15.6. The molecule has 0 bridgehead atoms. The summed E-state index contributed by atoms with van der Waals surface area (Å²) in [6.07, 6.45) is 0. The zero-order valence-corrected chi connectivity index (χ0v) is 16.4. The predicted molar refractivity (Wildman–Crippen MR) is 113 cm³/mol. The Balaban J connectivity index is 1.50. The molecule has 6 nitrogen and oxygen atoms in total. The number of carbonyl (C=O) groups is 2. The Morgan fingerprint density at radius 3 is 2.10 bits per heavy atom. The van der Waals surface area contributed by atoms with Crippen molar-refractivity contribution in [1.29, 1.82) is 0 Å². The van der Waals surface area contributed by atoms with Crippen LogP contribution in [-0.4, -0.2) is 25.5 Å². The summed E-state index contributed by atoms with van der Waals surface area (Å²) < 4.78 is 10.5. The molecule has 3 aromatic rings. The third kappa shape index (κ3) is 5.99. The van der Waals surface area contributed by atoms with Crippen molar-refractivity contribution >= 4 is 34.8 Å². The number of hydrogen-bond acceptors (Lipinski definition) is 4. The average molecular weight is 411 g/mol. The van der Waals surface area contributed by atoms with Gasteiger partial charge in [-0.2, -0.15) is 0 Å². The van der Waals surface area contributed by atoms with Crippen molar-refractivity contribution in [2.45, 2.75) is 0 Å².